The van der Waals surface area contributed by atoms with Gasteiger partial charge in [-0.2, -0.15) is 0 Å². The highest BCUT2D eigenvalue weighted by atomic mass is 16.5. The number of carbonyl (C=O) groups is 1. The highest BCUT2D eigenvalue weighted by molar-refractivity contribution is 5.77. The summed E-state index contributed by atoms with van der Waals surface area (Å²) in [5.74, 6) is 0.142. The molecule has 2 heterocycles. The first-order valence-corrected chi connectivity index (χ1v) is 6.54. The van der Waals surface area contributed by atoms with Gasteiger partial charge in [0.15, 0.2) is 0 Å². The number of nitrogens with zero attached hydrogens (tertiary/aromatic N) is 2. The van der Waals surface area contributed by atoms with Crippen molar-refractivity contribution in [2.45, 2.75) is 18.9 Å². The van der Waals surface area contributed by atoms with Gasteiger partial charge in [-0.15, -0.1) is 0 Å². The second-order valence-corrected chi connectivity index (χ2v) is 4.96. The minimum absolute atomic E-state index is 0.142. The lowest BCUT2D eigenvalue weighted by Gasteiger charge is -2.33. The molecule has 98 valence electrons. The maximum atomic E-state index is 11.9. The van der Waals surface area contributed by atoms with E-state index in [9.17, 15) is 4.79 Å². The smallest absolute Gasteiger partial charge is 0.248 e. The van der Waals surface area contributed by atoms with Crippen LogP contribution in [0.1, 0.15) is 12.8 Å². The topological polar surface area (TPSA) is 44.8 Å². The van der Waals surface area contributed by atoms with Crippen molar-refractivity contribution in [1.82, 2.24) is 15.1 Å². The van der Waals surface area contributed by atoms with Crippen molar-refractivity contribution >= 4 is 5.91 Å². The van der Waals surface area contributed by atoms with Gasteiger partial charge in [0.05, 0.1) is 6.10 Å². The molecule has 17 heavy (non-hydrogen) atoms. The molecule has 2 saturated heterocycles. The van der Waals surface area contributed by atoms with Gasteiger partial charge in [-0.05, 0) is 26.4 Å². The first-order valence-electron chi connectivity index (χ1n) is 6.54. The summed E-state index contributed by atoms with van der Waals surface area (Å²) in [5.41, 5.74) is 0. The number of nitrogens with one attached hydrogen (secondary N) is 1. The summed E-state index contributed by atoms with van der Waals surface area (Å²) in [6.07, 6.45) is 2.44. The number of rotatable bonds is 3. The van der Waals surface area contributed by atoms with Crippen molar-refractivity contribution in [3.8, 4) is 0 Å². The number of hydrogen-bond donors (Lipinski definition) is 1. The van der Waals surface area contributed by atoms with Crippen molar-refractivity contribution in [2.24, 2.45) is 0 Å². The van der Waals surface area contributed by atoms with E-state index in [0.29, 0.717) is 0 Å². The second-order valence-electron chi connectivity index (χ2n) is 4.96. The number of hydrogen-bond acceptors (Lipinski definition) is 4. The Bertz CT molecular complexity index is 246. The molecule has 1 amide bonds. The SMILES string of the molecule is CN1CCN(C(=O)CO[C@H]2CCCNC2)CC1. The minimum atomic E-state index is 0.142. The van der Waals surface area contributed by atoms with Crippen molar-refractivity contribution in [1.29, 1.82) is 0 Å². The molecule has 5 nitrogen and oxygen atoms in total. The van der Waals surface area contributed by atoms with Gasteiger partial charge in [0.1, 0.15) is 6.61 Å². The summed E-state index contributed by atoms with van der Waals surface area (Å²) >= 11 is 0. The van der Waals surface area contributed by atoms with E-state index in [4.69, 9.17) is 4.74 Å². The molecular formula is C12H23N3O2. The standard InChI is InChI=1S/C12H23N3O2/c1-14-5-7-15(8-6-14)12(16)10-17-11-3-2-4-13-9-11/h11,13H,2-10H2,1H3/t11-/m0/s1. The number of likely N-dealkylation sites (N-methyl/N-ethyl adjacent to an activating group) is 1. The molecule has 0 saturated carbocycles. The van der Waals surface area contributed by atoms with Crippen LogP contribution in [0.2, 0.25) is 0 Å². The van der Waals surface area contributed by atoms with Crippen molar-refractivity contribution < 1.29 is 9.53 Å². The average molecular weight is 241 g/mol. The zero-order valence-electron chi connectivity index (χ0n) is 10.7. The van der Waals surface area contributed by atoms with Crippen LogP contribution in [0.3, 0.4) is 0 Å². The Kier molecular flexibility index (Phi) is 4.76. The van der Waals surface area contributed by atoms with Gasteiger partial charge in [-0.3, -0.25) is 4.79 Å². The Labute approximate surface area is 103 Å². The summed E-state index contributed by atoms with van der Waals surface area (Å²) in [6.45, 7) is 5.81. The molecule has 0 spiro atoms. The van der Waals surface area contributed by atoms with Crippen LogP contribution in [-0.4, -0.2) is 74.7 Å². The predicted octanol–water partition coefficient (Wildman–Crippen LogP) is -0.471. The summed E-state index contributed by atoms with van der Waals surface area (Å²) in [4.78, 5) is 16.1. The summed E-state index contributed by atoms with van der Waals surface area (Å²) in [6, 6.07) is 0. The van der Waals surface area contributed by atoms with Crippen LogP contribution in [0.5, 0.6) is 0 Å². The van der Waals surface area contributed by atoms with Crippen LogP contribution < -0.4 is 5.32 Å². The monoisotopic (exact) mass is 241 g/mol. The fourth-order valence-electron chi connectivity index (χ4n) is 2.30. The van der Waals surface area contributed by atoms with Crippen LogP contribution in [0, 0.1) is 0 Å². The van der Waals surface area contributed by atoms with Gasteiger partial charge in [0.25, 0.3) is 0 Å². The third-order valence-corrected chi connectivity index (χ3v) is 3.55. The Morgan fingerprint density at radius 3 is 2.76 bits per heavy atom. The van der Waals surface area contributed by atoms with Crippen LogP contribution in [0.15, 0.2) is 0 Å². The third kappa shape index (κ3) is 3.94. The van der Waals surface area contributed by atoms with Gasteiger partial charge >= 0.3 is 0 Å². The van der Waals surface area contributed by atoms with E-state index < -0.39 is 0 Å². The molecule has 1 N–H and O–H groups in total. The molecule has 1 atom stereocenters. The van der Waals surface area contributed by atoms with E-state index in [1.165, 1.54) is 0 Å². The zero-order valence-corrected chi connectivity index (χ0v) is 10.7. The lowest BCUT2D eigenvalue weighted by molar-refractivity contribution is -0.140. The zero-order chi connectivity index (χ0) is 12.1. The number of piperidine rings is 1. The molecule has 2 aliphatic heterocycles. The quantitative estimate of drug-likeness (QED) is 0.725. The number of amides is 1. The molecule has 0 aromatic rings. The predicted molar refractivity (Wildman–Crippen MR) is 65.9 cm³/mol. The van der Waals surface area contributed by atoms with Crippen LogP contribution in [0.25, 0.3) is 0 Å². The van der Waals surface area contributed by atoms with Crippen LogP contribution >= 0.6 is 0 Å². The van der Waals surface area contributed by atoms with E-state index >= 15 is 0 Å². The lowest BCUT2D eigenvalue weighted by atomic mass is 10.1. The molecule has 5 heteroatoms. The average Bonchev–Trinajstić information content (AvgIpc) is 2.38. The Balaban J connectivity index is 1.66. The van der Waals surface area contributed by atoms with Crippen molar-refractivity contribution in [3.05, 3.63) is 0 Å². The van der Waals surface area contributed by atoms with Gasteiger partial charge < -0.3 is 19.9 Å². The van der Waals surface area contributed by atoms with E-state index in [1.54, 1.807) is 0 Å². The van der Waals surface area contributed by atoms with Crippen LogP contribution in [-0.2, 0) is 9.53 Å². The molecule has 0 aromatic heterocycles. The lowest BCUT2D eigenvalue weighted by Crippen LogP contribution is -2.48. The minimum Gasteiger partial charge on any atom is -0.367 e. The molecule has 0 aliphatic carbocycles. The van der Waals surface area contributed by atoms with Gasteiger partial charge in [0, 0.05) is 32.7 Å². The molecule has 0 bridgehead atoms. The summed E-state index contributed by atoms with van der Waals surface area (Å²) < 4.78 is 5.66. The van der Waals surface area contributed by atoms with E-state index in [2.05, 4.69) is 17.3 Å². The molecule has 0 radical (unpaired) electrons. The second kappa shape index (κ2) is 6.33. The van der Waals surface area contributed by atoms with E-state index in [1.807, 2.05) is 4.90 Å². The number of piperazine rings is 1. The van der Waals surface area contributed by atoms with Crippen molar-refractivity contribution in [2.75, 3.05) is 52.9 Å². The Morgan fingerprint density at radius 1 is 1.35 bits per heavy atom. The van der Waals surface area contributed by atoms with Gasteiger partial charge in [0.2, 0.25) is 5.91 Å². The van der Waals surface area contributed by atoms with Gasteiger partial charge in [-0.1, -0.05) is 0 Å². The Morgan fingerprint density at radius 2 is 2.12 bits per heavy atom. The largest absolute Gasteiger partial charge is 0.367 e. The highest BCUT2D eigenvalue weighted by Gasteiger charge is 2.21. The molecule has 0 unspecified atom stereocenters. The first-order chi connectivity index (χ1) is 8.25. The number of ether oxygens (including phenoxy) is 1. The first kappa shape index (κ1) is 12.8. The fraction of sp³-hybridized carbons (Fsp3) is 0.917. The molecule has 2 rings (SSSR count). The highest BCUT2D eigenvalue weighted by Crippen LogP contribution is 2.07. The molecule has 2 aliphatic rings. The summed E-state index contributed by atoms with van der Waals surface area (Å²) in [5, 5.41) is 3.29. The molecule has 0 aromatic carbocycles. The molecular weight excluding hydrogens is 218 g/mol. The maximum Gasteiger partial charge on any atom is 0.248 e. The Hall–Kier alpha value is -0.650. The normalized spacial score (nSPS) is 27.1. The fourth-order valence-corrected chi connectivity index (χ4v) is 2.30. The van der Waals surface area contributed by atoms with E-state index in [0.717, 1.165) is 52.1 Å². The maximum absolute atomic E-state index is 11.9. The van der Waals surface area contributed by atoms with Crippen LogP contribution in [0.4, 0.5) is 0 Å². The van der Waals surface area contributed by atoms with E-state index in [-0.39, 0.29) is 18.6 Å². The third-order valence-electron chi connectivity index (χ3n) is 3.55. The number of carbonyl (C=O) groups excluding carboxylic acids is 1. The van der Waals surface area contributed by atoms with Crippen molar-refractivity contribution in [3.63, 3.8) is 0 Å². The summed E-state index contributed by atoms with van der Waals surface area (Å²) in [7, 11) is 2.09. The van der Waals surface area contributed by atoms with Gasteiger partial charge in [-0.25, -0.2) is 0 Å². The molecule has 2 fully saturated rings.